The van der Waals surface area contributed by atoms with E-state index in [9.17, 15) is 14.4 Å². The normalized spacial score (nSPS) is 13.1. The first-order chi connectivity index (χ1) is 24.5. The molecule has 2 heterocycles. The minimum Gasteiger partial charge on any atom is -0.336 e. The van der Waals surface area contributed by atoms with Crippen LogP contribution in [0.15, 0.2) is 79.1 Å². The van der Waals surface area contributed by atoms with Crippen LogP contribution in [0.25, 0.3) is 0 Å². The number of carbonyl (C=O) groups excluding carboxylic acids is 3. The number of anilines is 4. The molecule has 1 saturated heterocycles. The molecule has 3 amide bonds. The van der Waals surface area contributed by atoms with E-state index in [1.165, 1.54) is 6.08 Å². The molecule has 51 heavy (non-hydrogen) atoms. The van der Waals surface area contributed by atoms with Crippen LogP contribution in [-0.4, -0.2) is 96.3 Å². The predicted octanol–water partition coefficient (Wildman–Crippen LogP) is 5.24. The largest absolute Gasteiger partial charge is 0.336 e. The molecule has 0 radical (unpaired) electrons. The van der Waals surface area contributed by atoms with E-state index in [4.69, 9.17) is 0 Å². The van der Waals surface area contributed by atoms with Gasteiger partial charge in [0.1, 0.15) is 0 Å². The van der Waals surface area contributed by atoms with Crippen LogP contribution in [0, 0.1) is 32.6 Å². The van der Waals surface area contributed by atoms with Gasteiger partial charge in [-0.05, 0) is 95.0 Å². The topological polar surface area (TPSA) is 123 Å². The van der Waals surface area contributed by atoms with Gasteiger partial charge in [-0.1, -0.05) is 36.1 Å². The van der Waals surface area contributed by atoms with Gasteiger partial charge < -0.3 is 30.7 Å². The Morgan fingerprint density at radius 1 is 0.863 bits per heavy atom. The molecule has 0 unspecified atom stereocenters. The second kappa shape index (κ2) is 16.7. The highest BCUT2D eigenvalue weighted by Gasteiger charge is 2.22. The Bertz CT molecular complexity index is 2000. The van der Waals surface area contributed by atoms with Gasteiger partial charge in [-0.15, -0.1) is 0 Å². The average molecular weight is 685 g/mol. The fourth-order valence-electron chi connectivity index (χ4n) is 5.45. The maximum absolute atomic E-state index is 13.2. The van der Waals surface area contributed by atoms with Crippen LogP contribution in [0.1, 0.15) is 48.5 Å². The summed E-state index contributed by atoms with van der Waals surface area (Å²) < 4.78 is 0. The number of rotatable bonds is 9. The van der Waals surface area contributed by atoms with Gasteiger partial charge in [-0.3, -0.25) is 14.4 Å². The van der Waals surface area contributed by atoms with Crippen molar-refractivity contribution in [1.82, 2.24) is 24.7 Å². The highest BCUT2D eigenvalue weighted by atomic mass is 16.2. The lowest BCUT2D eigenvalue weighted by Crippen LogP contribution is -2.47. The van der Waals surface area contributed by atoms with Crippen LogP contribution in [0.3, 0.4) is 0 Å². The van der Waals surface area contributed by atoms with Gasteiger partial charge in [0.15, 0.2) is 0 Å². The monoisotopic (exact) mass is 684 g/mol. The maximum atomic E-state index is 13.2. The fourth-order valence-corrected chi connectivity index (χ4v) is 5.45. The SMILES string of the molecule is Cc1ccc(C(=O)Nc2ccc(C(=O)N3CCN(C)CC3)c(C)c2)cc1C#Cc1cnc(Nc2c(C)cccc2NC(=O)/C=C/CN(C)C)nc1. The first-order valence-corrected chi connectivity index (χ1v) is 16.8. The smallest absolute Gasteiger partial charge is 0.255 e. The molecule has 4 aromatic rings. The summed E-state index contributed by atoms with van der Waals surface area (Å²) >= 11 is 0. The predicted molar refractivity (Wildman–Crippen MR) is 203 cm³/mol. The first-order valence-electron chi connectivity index (χ1n) is 16.8. The minimum absolute atomic E-state index is 0.0157. The number of aromatic nitrogens is 2. The Balaban J connectivity index is 1.23. The molecule has 262 valence electrons. The highest BCUT2D eigenvalue weighted by Crippen LogP contribution is 2.28. The number of nitrogens with zero attached hydrogens (tertiary/aromatic N) is 5. The van der Waals surface area contributed by atoms with Gasteiger partial charge >= 0.3 is 0 Å². The Morgan fingerprint density at radius 3 is 2.31 bits per heavy atom. The second-order valence-corrected chi connectivity index (χ2v) is 12.9. The van der Waals surface area contributed by atoms with E-state index in [0.717, 1.165) is 29.8 Å². The standard InChI is InChI=1S/C40H44N8O3/c1-27-12-14-32(38(50)43-33-16-17-34(29(3)23-33)39(51)48-21-19-47(6)20-22-48)24-31(27)15-13-30-25-41-40(42-26-30)45-37-28(2)9-7-10-35(37)44-36(49)11-8-18-46(4)5/h7-12,14,16-17,23-26H,18-22H2,1-6H3,(H,43,50)(H,44,49)(H,41,42,45)/b11-8+. The van der Waals surface area contributed by atoms with Crippen LogP contribution in [0.5, 0.6) is 0 Å². The molecule has 0 saturated carbocycles. The van der Waals surface area contributed by atoms with Crippen molar-refractivity contribution in [3.05, 3.63) is 118 Å². The molecule has 1 aliphatic heterocycles. The summed E-state index contributed by atoms with van der Waals surface area (Å²) in [6, 6.07) is 16.4. The van der Waals surface area contributed by atoms with E-state index in [2.05, 4.69) is 49.7 Å². The molecule has 0 atom stereocenters. The summed E-state index contributed by atoms with van der Waals surface area (Å²) in [5.41, 5.74) is 6.98. The molecular weight excluding hydrogens is 640 g/mol. The third kappa shape index (κ3) is 9.88. The van der Waals surface area contributed by atoms with Gasteiger partial charge in [0, 0.05) is 73.6 Å². The van der Waals surface area contributed by atoms with Crippen molar-refractivity contribution in [2.75, 3.05) is 69.8 Å². The number of piperazine rings is 1. The van der Waals surface area contributed by atoms with Gasteiger partial charge in [0.05, 0.1) is 16.9 Å². The van der Waals surface area contributed by atoms with Crippen molar-refractivity contribution in [3.8, 4) is 11.8 Å². The Hall–Kier alpha value is -5.83. The number of nitrogens with one attached hydrogen (secondary N) is 3. The van der Waals surface area contributed by atoms with Crippen molar-refractivity contribution in [2.45, 2.75) is 20.8 Å². The molecule has 1 aliphatic rings. The molecule has 5 rings (SSSR count). The summed E-state index contributed by atoms with van der Waals surface area (Å²) in [6.07, 6.45) is 6.55. The molecule has 11 heteroatoms. The number of carbonyl (C=O) groups is 3. The molecule has 3 N–H and O–H groups in total. The van der Waals surface area contributed by atoms with Crippen LogP contribution >= 0.6 is 0 Å². The van der Waals surface area contributed by atoms with Gasteiger partial charge in [-0.2, -0.15) is 0 Å². The van der Waals surface area contributed by atoms with Gasteiger partial charge in [0.25, 0.3) is 11.8 Å². The highest BCUT2D eigenvalue weighted by molar-refractivity contribution is 6.05. The van der Waals surface area contributed by atoms with Crippen molar-refractivity contribution in [2.24, 2.45) is 0 Å². The molecule has 0 bridgehead atoms. The van der Waals surface area contributed by atoms with Crippen molar-refractivity contribution >= 4 is 40.7 Å². The Labute approximate surface area is 299 Å². The van der Waals surface area contributed by atoms with E-state index < -0.39 is 0 Å². The van der Waals surface area contributed by atoms with Crippen LogP contribution in [0.2, 0.25) is 0 Å². The third-order valence-electron chi connectivity index (χ3n) is 8.51. The summed E-state index contributed by atoms with van der Waals surface area (Å²) in [4.78, 5) is 53.7. The van der Waals surface area contributed by atoms with E-state index in [1.54, 1.807) is 42.7 Å². The molecule has 3 aromatic carbocycles. The van der Waals surface area contributed by atoms with E-state index in [1.807, 2.05) is 75.0 Å². The fraction of sp³-hybridized carbons (Fsp3) is 0.275. The van der Waals surface area contributed by atoms with Crippen LogP contribution < -0.4 is 16.0 Å². The number of hydrogen-bond donors (Lipinski definition) is 3. The number of likely N-dealkylation sites (N-methyl/N-ethyl adjacent to an activating group) is 2. The number of amides is 3. The van der Waals surface area contributed by atoms with E-state index >= 15 is 0 Å². The quantitative estimate of drug-likeness (QED) is 0.162. The molecular formula is C40H44N8O3. The number of aryl methyl sites for hydroxylation is 3. The summed E-state index contributed by atoms with van der Waals surface area (Å²) in [5.74, 6) is 6.12. The average Bonchev–Trinajstić information content (AvgIpc) is 3.10. The lowest BCUT2D eigenvalue weighted by Gasteiger charge is -2.32. The second-order valence-electron chi connectivity index (χ2n) is 12.9. The molecule has 1 aromatic heterocycles. The third-order valence-corrected chi connectivity index (χ3v) is 8.51. The number of hydrogen-bond acceptors (Lipinski definition) is 8. The number of para-hydroxylation sites is 1. The van der Waals surface area contributed by atoms with Gasteiger partial charge in [-0.25, -0.2) is 9.97 Å². The number of benzene rings is 3. The minimum atomic E-state index is -0.272. The maximum Gasteiger partial charge on any atom is 0.255 e. The van der Waals surface area contributed by atoms with Crippen LogP contribution in [-0.2, 0) is 4.79 Å². The molecule has 1 fully saturated rings. The Kier molecular flexibility index (Phi) is 11.9. The van der Waals surface area contributed by atoms with E-state index in [0.29, 0.717) is 64.9 Å². The zero-order valence-corrected chi connectivity index (χ0v) is 30.0. The van der Waals surface area contributed by atoms with Crippen molar-refractivity contribution in [3.63, 3.8) is 0 Å². The van der Waals surface area contributed by atoms with E-state index in [-0.39, 0.29) is 17.7 Å². The zero-order chi connectivity index (χ0) is 36.5. The molecule has 11 nitrogen and oxygen atoms in total. The lowest BCUT2D eigenvalue weighted by atomic mass is 10.0. The van der Waals surface area contributed by atoms with Gasteiger partial charge in [0.2, 0.25) is 11.9 Å². The summed E-state index contributed by atoms with van der Waals surface area (Å²) in [6.45, 7) is 9.53. The van der Waals surface area contributed by atoms with Crippen LogP contribution in [0.4, 0.5) is 23.0 Å². The zero-order valence-electron chi connectivity index (χ0n) is 30.0. The van der Waals surface area contributed by atoms with Crippen molar-refractivity contribution < 1.29 is 14.4 Å². The van der Waals surface area contributed by atoms with Crippen molar-refractivity contribution in [1.29, 1.82) is 0 Å². The molecule has 0 aliphatic carbocycles. The summed E-state index contributed by atoms with van der Waals surface area (Å²) in [7, 11) is 5.93. The Morgan fingerprint density at radius 2 is 1.61 bits per heavy atom. The molecule has 0 spiro atoms. The first kappa shape index (κ1) is 36.5. The lowest BCUT2D eigenvalue weighted by molar-refractivity contribution is -0.111. The summed E-state index contributed by atoms with van der Waals surface area (Å²) in [5, 5.41) is 9.09.